The quantitative estimate of drug-likeness (QED) is 0.134. The van der Waals surface area contributed by atoms with Gasteiger partial charge in [-0.1, -0.05) is 63.2 Å². The Hall–Kier alpha value is -5.60. The van der Waals surface area contributed by atoms with Gasteiger partial charge in [0.1, 0.15) is 5.75 Å². The second kappa shape index (κ2) is 16.2. The molecule has 0 fully saturated rings. The molecule has 0 spiro atoms. The second-order valence-electron chi connectivity index (χ2n) is 11.8. The number of hydrogen-bond donors (Lipinski definition) is 1. The second-order valence-corrected chi connectivity index (χ2v) is 12.6. The summed E-state index contributed by atoms with van der Waals surface area (Å²) in [5.74, 6) is 0.547. The van der Waals surface area contributed by atoms with Crippen molar-refractivity contribution in [1.82, 2.24) is 25.3 Å². The average molecular weight is 698 g/mol. The molecule has 2 heterocycles. The average Bonchev–Trinajstić information content (AvgIpc) is 3.12. The number of hydrogen-bond acceptors (Lipinski definition) is 11. The van der Waals surface area contributed by atoms with Crippen LogP contribution in [0, 0.1) is 0 Å². The lowest BCUT2D eigenvalue weighted by Crippen LogP contribution is -2.25. The van der Waals surface area contributed by atoms with E-state index in [1.54, 1.807) is 49.6 Å². The predicted octanol–water partition coefficient (Wildman–Crippen LogP) is 6.06. The molecule has 2 aromatic heterocycles. The Balaban J connectivity index is 1.56. The Morgan fingerprint density at radius 3 is 2.12 bits per heavy atom. The van der Waals surface area contributed by atoms with Crippen LogP contribution in [0.15, 0.2) is 91.3 Å². The fourth-order valence-corrected chi connectivity index (χ4v) is 5.38. The maximum atomic E-state index is 13.1. The Morgan fingerprint density at radius 1 is 0.840 bits per heavy atom. The summed E-state index contributed by atoms with van der Waals surface area (Å²) in [5.41, 5.74) is 1.91. The number of ether oxygens (including phenoxy) is 4. The first-order valence-electron chi connectivity index (χ1n) is 15.6. The van der Waals surface area contributed by atoms with Gasteiger partial charge < -0.3 is 28.8 Å². The summed E-state index contributed by atoms with van der Waals surface area (Å²) >= 11 is -2.91. The van der Waals surface area contributed by atoms with E-state index < -0.39 is 11.3 Å². The molecular formula is C36H37N6O7S-. The molecule has 50 heavy (non-hydrogen) atoms. The van der Waals surface area contributed by atoms with Crippen molar-refractivity contribution < 1.29 is 32.5 Å². The molecule has 5 rings (SSSR count). The van der Waals surface area contributed by atoms with Gasteiger partial charge in [-0.3, -0.25) is 13.3 Å². The van der Waals surface area contributed by atoms with Crippen LogP contribution in [0.25, 0.3) is 11.6 Å². The van der Waals surface area contributed by atoms with Crippen LogP contribution in [0.3, 0.4) is 0 Å². The van der Waals surface area contributed by atoms with Gasteiger partial charge in [0.05, 0.1) is 44.2 Å². The minimum Gasteiger partial charge on any atom is -0.755 e. The maximum absolute atomic E-state index is 13.1. The molecule has 1 amide bonds. The number of nitrogens with one attached hydrogen (secondary N) is 1. The summed E-state index contributed by atoms with van der Waals surface area (Å²) in [7, 11) is 3.04. The molecule has 0 aliphatic rings. The van der Waals surface area contributed by atoms with Crippen LogP contribution in [-0.4, -0.2) is 55.4 Å². The molecule has 1 N–H and O–H groups in total. The minimum absolute atomic E-state index is 0.0367. The highest BCUT2D eigenvalue weighted by atomic mass is 32.2. The Bertz CT molecular complexity index is 1940. The van der Waals surface area contributed by atoms with Crippen LogP contribution < -0.4 is 28.6 Å². The van der Waals surface area contributed by atoms with E-state index in [4.69, 9.17) is 18.9 Å². The lowest BCUT2D eigenvalue weighted by molar-refractivity contribution is -0.121. The van der Waals surface area contributed by atoms with E-state index in [1.807, 2.05) is 36.4 Å². The first-order valence-corrected chi connectivity index (χ1v) is 16.6. The zero-order valence-electron chi connectivity index (χ0n) is 28.3. The Kier molecular flexibility index (Phi) is 11.6. The Labute approximate surface area is 293 Å². The minimum atomic E-state index is -2.91. The van der Waals surface area contributed by atoms with Crippen molar-refractivity contribution >= 4 is 28.7 Å². The van der Waals surface area contributed by atoms with E-state index in [1.165, 1.54) is 19.5 Å². The molecule has 0 aliphatic carbocycles. The highest BCUT2D eigenvalue weighted by Gasteiger charge is 2.28. The molecule has 13 nitrogen and oxygen atoms in total. The van der Waals surface area contributed by atoms with Gasteiger partial charge in [-0.25, -0.2) is 15.0 Å². The van der Waals surface area contributed by atoms with Gasteiger partial charge in [-0.05, 0) is 47.4 Å². The van der Waals surface area contributed by atoms with E-state index in [-0.39, 0.29) is 71.4 Å². The van der Waals surface area contributed by atoms with Gasteiger partial charge in [0.25, 0.3) is 5.88 Å². The zero-order valence-corrected chi connectivity index (χ0v) is 29.1. The van der Waals surface area contributed by atoms with Crippen LogP contribution in [0.2, 0.25) is 0 Å². The van der Waals surface area contributed by atoms with Gasteiger partial charge >= 0.3 is 0 Å². The molecular weight excluding hydrogens is 660 g/mol. The summed E-state index contributed by atoms with van der Waals surface area (Å²) in [5, 5.41) is 2.86. The zero-order chi connectivity index (χ0) is 35.7. The number of methoxy groups -OCH3 is 2. The van der Waals surface area contributed by atoms with Crippen molar-refractivity contribution in [2.45, 2.75) is 39.2 Å². The van der Waals surface area contributed by atoms with E-state index in [9.17, 15) is 13.6 Å². The normalized spacial score (nSPS) is 11.7. The monoisotopic (exact) mass is 697 g/mol. The van der Waals surface area contributed by atoms with E-state index in [0.717, 1.165) is 15.4 Å². The summed E-state index contributed by atoms with van der Waals surface area (Å²) in [6.07, 6.45) is 2.95. The van der Waals surface area contributed by atoms with Gasteiger partial charge in [0, 0.05) is 24.5 Å². The number of nitrogens with zero attached hydrogens (tertiary/aromatic N) is 5. The molecule has 0 aliphatic heterocycles. The number of para-hydroxylation sites is 3. The number of carbonyl (C=O) groups is 1. The van der Waals surface area contributed by atoms with Crippen LogP contribution in [0.1, 0.15) is 38.3 Å². The number of amides is 1. The van der Waals surface area contributed by atoms with Crippen LogP contribution in [0.5, 0.6) is 28.9 Å². The molecule has 1 unspecified atom stereocenters. The number of anilines is 2. The standard InChI is InChI=1S/C36H38N6O7S/c1-36(2,3)25-15-17-26(18-16-25)42(50(44)45)34-31(49-29-14-9-8-13-28(29)47-5)35(41-33(40-34)32-37-20-10-21-38-32)48-22-19-30(43)39-23-24-11-6-7-12-27(24)46-4/h6-18,20-21H,19,22-23H2,1-5H3,(H,39,43)(H,44,45)/p-1. The lowest BCUT2D eigenvalue weighted by Gasteiger charge is -2.29. The molecule has 5 aromatic rings. The molecule has 0 saturated carbocycles. The first kappa shape index (κ1) is 35.7. The highest BCUT2D eigenvalue weighted by Crippen LogP contribution is 2.44. The lowest BCUT2D eigenvalue weighted by atomic mass is 9.87. The molecule has 0 saturated heterocycles. The van der Waals surface area contributed by atoms with Crippen molar-refractivity contribution in [2.24, 2.45) is 0 Å². The summed E-state index contributed by atoms with van der Waals surface area (Å²) < 4.78 is 50.4. The van der Waals surface area contributed by atoms with Crippen molar-refractivity contribution in [2.75, 3.05) is 25.1 Å². The summed E-state index contributed by atoms with van der Waals surface area (Å²) in [6, 6.07) is 22.9. The number of rotatable bonds is 14. The largest absolute Gasteiger partial charge is 0.755 e. The topological polar surface area (TPSA) is 161 Å². The molecule has 14 heteroatoms. The number of benzene rings is 3. The summed E-state index contributed by atoms with van der Waals surface area (Å²) in [6.45, 7) is 6.28. The first-order chi connectivity index (χ1) is 24.1. The Morgan fingerprint density at radius 2 is 1.48 bits per heavy atom. The van der Waals surface area contributed by atoms with Crippen molar-refractivity contribution in [3.05, 3.63) is 102 Å². The predicted molar refractivity (Wildman–Crippen MR) is 187 cm³/mol. The molecule has 3 aromatic carbocycles. The summed E-state index contributed by atoms with van der Waals surface area (Å²) in [4.78, 5) is 30.6. The van der Waals surface area contributed by atoms with Crippen LogP contribution >= 0.6 is 0 Å². The fourth-order valence-electron chi connectivity index (χ4n) is 4.82. The smallest absolute Gasteiger partial charge is 0.263 e. The molecule has 0 radical (unpaired) electrons. The SMILES string of the molecule is COc1ccccc1CNC(=O)CCOc1nc(-c2ncccn2)nc(N(c2ccc(C(C)(C)C)cc2)S(=O)[O-])c1Oc1ccccc1OC. The van der Waals surface area contributed by atoms with Crippen molar-refractivity contribution in [3.8, 4) is 40.5 Å². The molecule has 1 atom stereocenters. The van der Waals surface area contributed by atoms with Gasteiger partial charge in [-0.15, -0.1) is 0 Å². The van der Waals surface area contributed by atoms with E-state index in [0.29, 0.717) is 11.5 Å². The number of aromatic nitrogens is 4. The third kappa shape index (κ3) is 8.70. The van der Waals surface area contributed by atoms with Gasteiger partial charge in [-0.2, -0.15) is 4.98 Å². The third-order valence-corrected chi connectivity index (χ3v) is 8.09. The fraction of sp³-hybridized carbons (Fsp3) is 0.250. The van der Waals surface area contributed by atoms with Crippen LogP contribution in [-0.2, 0) is 28.0 Å². The molecule has 260 valence electrons. The highest BCUT2D eigenvalue weighted by molar-refractivity contribution is 7.81. The molecule has 0 bridgehead atoms. The van der Waals surface area contributed by atoms with E-state index >= 15 is 0 Å². The maximum Gasteiger partial charge on any atom is 0.263 e. The third-order valence-electron chi connectivity index (χ3n) is 7.41. The van der Waals surface area contributed by atoms with Crippen LogP contribution in [0.4, 0.5) is 11.5 Å². The van der Waals surface area contributed by atoms with Crippen molar-refractivity contribution in [3.63, 3.8) is 0 Å². The van der Waals surface area contributed by atoms with Gasteiger partial charge in [0.15, 0.2) is 23.1 Å². The van der Waals surface area contributed by atoms with Gasteiger partial charge in [0.2, 0.25) is 17.5 Å². The van der Waals surface area contributed by atoms with E-state index in [2.05, 4.69) is 46.0 Å². The number of carbonyl (C=O) groups excluding carboxylic acids is 1. The van der Waals surface area contributed by atoms with Crippen molar-refractivity contribution in [1.29, 1.82) is 0 Å².